The minimum atomic E-state index is -4.60. The van der Waals surface area contributed by atoms with Crippen molar-refractivity contribution < 1.29 is 18.0 Å². The molecule has 0 aliphatic carbocycles. The monoisotopic (exact) mass is 251 g/mol. The highest BCUT2D eigenvalue weighted by Crippen LogP contribution is 2.43. The fraction of sp³-hybridized carbons (Fsp3) is 0.375. The zero-order valence-corrected chi connectivity index (χ0v) is 8.95. The molecule has 0 aromatic carbocycles. The first kappa shape index (κ1) is 11.1. The highest BCUT2D eigenvalue weighted by Gasteiger charge is 2.50. The fourth-order valence-corrected chi connectivity index (χ4v) is 2.42. The highest BCUT2D eigenvalue weighted by atomic mass is 32.1. The molecule has 2 heterocycles. The van der Waals surface area contributed by atoms with E-state index >= 15 is 0 Å². The van der Waals surface area contributed by atoms with E-state index in [2.05, 4.69) is 5.32 Å². The number of hydrogen-bond donors (Lipinski definition) is 2. The van der Waals surface area contributed by atoms with Crippen molar-refractivity contribution in [2.75, 3.05) is 23.0 Å². The number of anilines is 3. The van der Waals surface area contributed by atoms with Gasteiger partial charge in [-0.3, -0.25) is 4.79 Å². The molecular weight excluding hydrogens is 243 g/mol. The number of amides is 1. The lowest BCUT2D eigenvalue weighted by molar-refractivity contribution is -0.160. The Morgan fingerprint density at radius 3 is 2.75 bits per heavy atom. The molecule has 16 heavy (non-hydrogen) atoms. The quantitative estimate of drug-likeness (QED) is 0.737. The van der Waals surface area contributed by atoms with Gasteiger partial charge in [-0.25, -0.2) is 0 Å². The summed E-state index contributed by atoms with van der Waals surface area (Å²) >= 11 is 1.09. The summed E-state index contributed by atoms with van der Waals surface area (Å²) in [6.45, 7) is 0. The first-order valence-corrected chi connectivity index (χ1v) is 5.17. The normalized spacial score (nSPS) is 20.6. The molecule has 0 saturated heterocycles. The number of nitrogens with zero attached hydrogens (tertiary/aromatic N) is 1. The molecule has 1 aliphatic heterocycles. The van der Waals surface area contributed by atoms with Crippen LogP contribution in [0.4, 0.5) is 29.5 Å². The van der Waals surface area contributed by atoms with Crippen molar-refractivity contribution in [2.24, 2.45) is 0 Å². The van der Waals surface area contributed by atoms with Crippen LogP contribution in [0.2, 0.25) is 0 Å². The van der Waals surface area contributed by atoms with Gasteiger partial charge in [0, 0.05) is 12.4 Å². The van der Waals surface area contributed by atoms with Crippen LogP contribution in [-0.4, -0.2) is 25.2 Å². The number of halogens is 3. The molecule has 0 radical (unpaired) electrons. The maximum Gasteiger partial charge on any atom is 0.417 e. The number of nitrogen functional groups attached to an aromatic ring is 1. The zero-order valence-electron chi connectivity index (χ0n) is 8.13. The van der Waals surface area contributed by atoms with Crippen LogP contribution in [0.1, 0.15) is 0 Å². The standard InChI is InChI=1S/C8H8F3N3OS/c1-14-3-2-16-6(12)4(3)13-7(15)5(14)8(9,10)11/h2,5H,12H2,1H3,(H,13,15). The Hall–Kier alpha value is -1.44. The molecule has 0 saturated carbocycles. The molecule has 1 unspecified atom stereocenters. The van der Waals surface area contributed by atoms with Gasteiger partial charge in [-0.1, -0.05) is 0 Å². The van der Waals surface area contributed by atoms with Crippen LogP contribution in [0.25, 0.3) is 0 Å². The Labute approximate surface area is 92.8 Å². The van der Waals surface area contributed by atoms with E-state index in [0.717, 1.165) is 16.2 Å². The number of nitrogens with two attached hydrogens (primary N) is 1. The molecule has 1 aromatic rings. The Bertz CT molecular complexity index is 442. The predicted molar refractivity (Wildman–Crippen MR) is 55.6 cm³/mol. The van der Waals surface area contributed by atoms with Crippen molar-refractivity contribution in [3.63, 3.8) is 0 Å². The lowest BCUT2D eigenvalue weighted by Gasteiger charge is -2.34. The van der Waals surface area contributed by atoms with E-state index in [1.54, 1.807) is 0 Å². The minimum Gasteiger partial charge on any atom is -0.389 e. The molecule has 1 aromatic heterocycles. The van der Waals surface area contributed by atoms with Crippen molar-refractivity contribution in [3.8, 4) is 0 Å². The largest absolute Gasteiger partial charge is 0.417 e. The summed E-state index contributed by atoms with van der Waals surface area (Å²) in [4.78, 5) is 12.2. The highest BCUT2D eigenvalue weighted by molar-refractivity contribution is 7.15. The number of nitrogens with one attached hydrogen (secondary N) is 1. The second-order valence-electron chi connectivity index (χ2n) is 3.40. The van der Waals surface area contributed by atoms with Crippen LogP contribution in [0.3, 0.4) is 0 Å². The molecule has 3 N–H and O–H groups in total. The second-order valence-corrected chi connectivity index (χ2v) is 4.32. The summed E-state index contributed by atoms with van der Waals surface area (Å²) in [5.74, 6) is -1.10. The van der Waals surface area contributed by atoms with Crippen molar-refractivity contribution in [3.05, 3.63) is 5.38 Å². The number of fused-ring (bicyclic) bond motifs is 1. The van der Waals surface area contributed by atoms with Gasteiger partial charge in [0.15, 0.2) is 0 Å². The molecule has 0 fully saturated rings. The summed E-state index contributed by atoms with van der Waals surface area (Å²) in [5, 5.41) is 3.97. The maximum absolute atomic E-state index is 12.6. The smallest absolute Gasteiger partial charge is 0.389 e. The summed E-state index contributed by atoms with van der Waals surface area (Å²) in [5.41, 5.74) is 6.09. The van der Waals surface area contributed by atoms with Crippen molar-refractivity contribution in [2.45, 2.75) is 12.2 Å². The van der Waals surface area contributed by atoms with Gasteiger partial charge < -0.3 is 16.0 Å². The number of likely N-dealkylation sites (N-methyl/N-ethyl adjacent to an activating group) is 1. The number of carbonyl (C=O) groups excluding carboxylic acids is 1. The van der Waals surface area contributed by atoms with E-state index in [1.165, 1.54) is 12.4 Å². The van der Waals surface area contributed by atoms with Gasteiger partial charge in [-0.15, -0.1) is 11.3 Å². The number of thiophene rings is 1. The Balaban J connectivity index is 2.46. The van der Waals surface area contributed by atoms with Crippen LogP contribution in [0.15, 0.2) is 5.38 Å². The molecule has 1 aliphatic rings. The summed E-state index contributed by atoms with van der Waals surface area (Å²) < 4.78 is 37.8. The summed E-state index contributed by atoms with van der Waals surface area (Å²) in [6, 6.07) is -2.16. The first-order chi connectivity index (χ1) is 7.32. The topological polar surface area (TPSA) is 58.4 Å². The molecule has 88 valence electrons. The zero-order chi connectivity index (χ0) is 12.1. The minimum absolute atomic E-state index is 0.262. The molecular formula is C8H8F3N3OS. The Morgan fingerprint density at radius 2 is 2.19 bits per heavy atom. The van der Waals surface area contributed by atoms with E-state index in [9.17, 15) is 18.0 Å². The molecule has 4 nitrogen and oxygen atoms in total. The van der Waals surface area contributed by atoms with Crippen molar-refractivity contribution in [1.82, 2.24) is 0 Å². The van der Waals surface area contributed by atoms with E-state index in [1.807, 2.05) is 0 Å². The number of alkyl halides is 3. The van der Waals surface area contributed by atoms with E-state index in [-0.39, 0.29) is 5.69 Å². The van der Waals surface area contributed by atoms with Gasteiger partial charge in [-0.05, 0) is 0 Å². The predicted octanol–water partition coefficient (Wildman–Crippen LogP) is 1.65. The lowest BCUT2D eigenvalue weighted by atomic mass is 10.1. The van der Waals surface area contributed by atoms with Crippen LogP contribution in [-0.2, 0) is 4.79 Å². The van der Waals surface area contributed by atoms with Gasteiger partial charge >= 0.3 is 6.18 Å². The molecule has 0 spiro atoms. The van der Waals surface area contributed by atoms with Gasteiger partial charge in [-0.2, -0.15) is 13.2 Å². The Kier molecular flexibility index (Phi) is 2.26. The number of rotatable bonds is 0. The van der Waals surface area contributed by atoms with Crippen LogP contribution >= 0.6 is 11.3 Å². The fourth-order valence-electron chi connectivity index (χ4n) is 1.62. The molecule has 0 bridgehead atoms. The van der Waals surface area contributed by atoms with E-state index < -0.39 is 18.1 Å². The third-order valence-corrected chi connectivity index (χ3v) is 3.17. The van der Waals surface area contributed by atoms with E-state index in [0.29, 0.717) is 10.7 Å². The van der Waals surface area contributed by atoms with Gasteiger partial charge in [0.05, 0.1) is 11.4 Å². The molecule has 2 rings (SSSR count). The number of hydrogen-bond acceptors (Lipinski definition) is 4. The Morgan fingerprint density at radius 1 is 1.56 bits per heavy atom. The maximum atomic E-state index is 12.6. The average molecular weight is 251 g/mol. The third kappa shape index (κ3) is 1.49. The molecule has 8 heteroatoms. The SMILES string of the molecule is CN1c2csc(N)c2NC(=O)C1C(F)(F)F. The summed E-state index contributed by atoms with van der Waals surface area (Å²) in [6.07, 6.45) is -4.60. The average Bonchev–Trinajstić information content (AvgIpc) is 2.46. The van der Waals surface area contributed by atoms with Crippen molar-refractivity contribution >= 4 is 33.6 Å². The van der Waals surface area contributed by atoms with Crippen molar-refractivity contribution in [1.29, 1.82) is 0 Å². The lowest BCUT2D eigenvalue weighted by Crippen LogP contribution is -2.54. The second kappa shape index (κ2) is 3.27. The van der Waals surface area contributed by atoms with Gasteiger partial charge in [0.25, 0.3) is 5.91 Å². The molecule has 1 atom stereocenters. The first-order valence-electron chi connectivity index (χ1n) is 4.29. The number of carbonyl (C=O) groups is 1. The van der Waals surface area contributed by atoms with E-state index in [4.69, 9.17) is 5.73 Å². The van der Waals surface area contributed by atoms with Gasteiger partial charge in [0.1, 0.15) is 5.00 Å². The summed E-state index contributed by atoms with van der Waals surface area (Å²) in [7, 11) is 1.22. The van der Waals surface area contributed by atoms with Crippen LogP contribution < -0.4 is 16.0 Å². The third-order valence-electron chi connectivity index (χ3n) is 2.37. The van der Waals surface area contributed by atoms with Gasteiger partial charge in [0.2, 0.25) is 6.04 Å². The van der Waals surface area contributed by atoms with Crippen LogP contribution in [0.5, 0.6) is 0 Å². The van der Waals surface area contributed by atoms with Crippen LogP contribution in [0, 0.1) is 0 Å². The molecule has 1 amide bonds.